The summed E-state index contributed by atoms with van der Waals surface area (Å²) in [5.41, 5.74) is 2.86. The first-order chi connectivity index (χ1) is 8.66. The van der Waals surface area contributed by atoms with E-state index in [1.54, 1.807) is 14.2 Å². The molecule has 1 aromatic rings. The molecule has 18 heavy (non-hydrogen) atoms. The minimum atomic E-state index is 0.246. The highest BCUT2D eigenvalue weighted by molar-refractivity contribution is 5.51. The minimum Gasteiger partial charge on any atom is -0.497 e. The molecule has 0 bridgehead atoms. The van der Waals surface area contributed by atoms with Gasteiger partial charge in [0.05, 0.1) is 14.2 Å². The number of benzene rings is 1. The van der Waals surface area contributed by atoms with Crippen molar-refractivity contribution in [3.63, 3.8) is 0 Å². The van der Waals surface area contributed by atoms with Crippen LogP contribution >= 0.6 is 0 Å². The van der Waals surface area contributed by atoms with Crippen molar-refractivity contribution >= 4 is 0 Å². The van der Waals surface area contributed by atoms with E-state index in [0.29, 0.717) is 0 Å². The Morgan fingerprint density at radius 2 is 1.94 bits per heavy atom. The maximum atomic E-state index is 5.59. The summed E-state index contributed by atoms with van der Waals surface area (Å²) in [4.78, 5) is 0. The lowest BCUT2D eigenvalue weighted by atomic mass is 9.63. The molecule has 3 nitrogen and oxygen atoms in total. The van der Waals surface area contributed by atoms with Crippen LogP contribution in [0.2, 0.25) is 0 Å². The minimum absolute atomic E-state index is 0.246. The Balaban J connectivity index is 2.48. The van der Waals surface area contributed by atoms with Crippen molar-refractivity contribution in [1.82, 2.24) is 5.32 Å². The van der Waals surface area contributed by atoms with Crippen molar-refractivity contribution in [2.75, 3.05) is 27.8 Å². The summed E-state index contributed by atoms with van der Waals surface area (Å²) in [5.74, 6) is 1.83. The molecule has 1 fully saturated rings. The Hall–Kier alpha value is -1.22. The molecule has 1 aliphatic rings. The molecular weight excluding hydrogens is 226 g/mol. The Labute approximate surface area is 109 Å². The van der Waals surface area contributed by atoms with Gasteiger partial charge in [-0.15, -0.1) is 0 Å². The molecule has 1 aromatic carbocycles. The van der Waals surface area contributed by atoms with E-state index in [9.17, 15) is 0 Å². The number of aryl methyl sites for hydroxylation is 1. The molecule has 2 rings (SSSR count). The fraction of sp³-hybridized carbons (Fsp3) is 0.600. The predicted molar refractivity (Wildman–Crippen MR) is 73.7 cm³/mol. The van der Waals surface area contributed by atoms with Crippen LogP contribution in [0.25, 0.3) is 0 Å². The molecule has 0 spiro atoms. The number of nitrogens with one attached hydrogen (secondary N) is 1. The molecule has 100 valence electrons. The molecular formula is C15H23NO2. The van der Waals surface area contributed by atoms with Crippen LogP contribution in [0.3, 0.4) is 0 Å². The molecule has 0 heterocycles. The summed E-state index contributed by atoms with van der Waals surface area (Å²) in [5, 5.41) is 3.33. The molecule has 0 unspecified atom stereocenters. The molecule has 0 amide bonds. The van der Waals surface area contributed by atoms with Crippen LogP contribution in [0.15, 0.2) is 12.1 Å². The molecule has 1 N–H and O–H groups in total. The number of rotatable bonds is 5. The Morgan fingerprint density at radius 1 is 1.22 bits per heavy atom. The maximum absolute atomic E-state index is 5.59. The van der Waals surface area contributed by atoms with Crippen LogP contribution < -0.4 is 14.8 Å². The first kappa shape index (κ1) is 13.2. The van der Waals surface area contributed by atoms with Gasteiger partial charge >= 0.3 is 0 Å². The summed E-state index contributed by atoms with van der Waals surface area (Å²) < 4.78 is 10.9. The van der Waals surface area contributed by atoms with Gasteiger partial charge in [-0.2, -0.15) is 0 Å². The van der Waals surface area contributed by atoms with Gasteiger partial charge in [-0.25, -0.2) is 0 Å². The predicted octanol–water partition coefficient (Wildman–Crippen LogP) is 2.65. The van der Waals surface area contributed by atoms with Gasteiger partial charge in [0.1, 0.15) is 11.5 Å². The number of ether oxygens (including phenoxy) is 2. The largest absolute Gasteiger partial charge is 0.497 e. The van der Waals surface area contributed by atoms with Crippen LogP contribution in [0.5, 0.6) is 11.5 Å². The summed E-state index contributed by atoms with van der Waals surface area (Å²) >= 11 is 0. The van der Waals surface area contributed by atoms with E-state index in [0.717, 1.165) is 18.0 Å². The molecule has 0 radical (unpaired) electrons. The summed E-state index contributed by atoms with van der Waals surface area (Å²) in [7, 11) is 5.45. The molecule has 0 aliphatic heterocycles. The van der Waals surface area contributed by atoms with Crippen LogP contribution in [0, 0.1) is 6.92 Å². The first-order valence-corrected chi connectivity index (χ1v) is 6.54. The third kappa shape index (κ3) is 2.07. The average Bonchev–Trinajstić information content (AvgIpc) is 2.33. The van der Waals surface area contributed by atoms with Crippen molar-refractivity contribution in [3.8, 4) is 11.5 Å². The van der Waals surface area contributed by atoms with Crippen LogP contribution in [-0.4, -0.2) is 27.8 Å². The summed E-state index contributed by atoms with van der Waals surface area (Å²) in [6.45, 7) is 3.16. The van der Waals surface area contributed by atoms with Gasteiger partial charge in [0, 0.05) is 23.6 Å². The molecule has 0 aromatic heterocycles. The smallest absolute Gasteiger partial charge is 0.126 e. The number of likely N-dealkylation sites (N-methyl/N-ethyl adjacent to an activating group) is 1. The fourth-order valence-corrected chi connectivity index (χ4v) is 3.14. The summed E-state index contributed by atoms with van der Waals surface area (Å²) in [6, 6.07) is 4.10. The molecule has 3 heteroatoms. The first-order valence-electron chi connectivity index (χ1n) is 6.54. The standard InChI is InChI=1S/C15H23NO2/c1-11-8-12(17-3)9-13(18-4)14(11)15(10-16-2)6-5-7-15/h8-9,16H,5-7,10H2,1-4H3. The SMILES string of the molecule is CNCC1(c2c(C)cc(OC)cc2OC)CCC1. The van der Waals surface area contributed by atoms with Gasteiger partial charge in [-0.05, 0) is 38.4 Å². The second-order valence-corrected chi connectivity index (χ2v) is 5.19. The molecule has 0 saturated heterocycles. The Bertz CT molecular complexity index is 425. The van der Waals surface area contributed by atoms with E-state index in [1.807, 2.05) is 13.1 Å². The summed E-state index contributed by atoms with van der Waals surface area (Å²) in [6.07, 6.45) is 3.77. The second kappa shape index (κ2) is 5.19. The van der Waals surface area contributed by atoms with Crippen LogP contribution in [0.4, 0.5) is 0 Å². The van der Waals surface area contributed by atoms with Crippen molar-refractivity contribution in [1.29, 1.82) is 0 Å². The molecule has 1 saturated carbocycles. The van der Waals surface area contributed by atoms with Crippen LogP contribution in [-0.2, 0) is 5.41 Å². The number of methoxy groups -OCH3 is 2. The maximum Gasteiger partial charge on any atom is 0.126 e. The highest BCUT2D eigenvalue weighted by atomic mass is 16.5. The average molecular weight is 249 g/mol. The third-order valence-corrected chi connectivity index (χ3v) is 4.08. The lowest BCUT2D eigenvalue weighted by molar-refractivity contribution is 0.229. The fourth-order valence-electron chi connectivity index (χ4n) is 3.14. The van der Waals surface area contributed by atoms with Crippen molar-refractivity contribution in [2.45, 2.75) is 31.6 Å². The highest BCUT2D eigenvalue weighted by Crippen LogP contribution is 2.49. The topological polar surface area (TPSA) is 30.5 Å². The van der Waals surface area contributed by atoms with E-state index in [4.69, 9.17) is 9.47 Å². The van der Waals surface area contributed by atoms with Gasteiger partial charge in [-0.3, -0.25) is 0 Å². The van der Waals surface area contributed by atoms with E-state index in [-0.39, 0.29) is 5.41 Å². The zero-order valence-corrected chi connectivity index (χ0v) is 11.8. The number of hydrogen-bond acceptors (Lipinski definition) is 3. The third-order valence-electron chi connectivity index (χ3n) is 4.08. The quantitative estimate of drug-likeness (QED) is 0.870. The van der Waals surface area contributed by atoms with Crippen LogP contribution in [0.1, 0.15) is 30.4 Å². The van der Waals surface area contributed by atoms with Gasteiger partial charge in [0.25, 0.3) is 0 Å². The Morgan fingerprint density at radius 3 is 2.39 bits per heavy atom. The van der Waals surface area contributed by atoms with E-state index >= 15 is 0 Å². The van der Waals surface area contributed by atoms with Crippen molar-refractivity contribution in [3.05, 3.63) is 23.3 Å². The van der Waals surface area contributed by atoms with Gasteiger partial charge in [0.15, 0.2) is 0 Å². The number of hydrogen-bond donors (Lipinski definition) is 1. The Kier molecular flexibility index (Phi) is 3.81. The zero-order chi connectivity index (χ0) is 13.2. The lowest BCUT2D eigenvalue weighted by Gasteiger charge is -2.44. The van der Waals surface area contributed by atoms with Crippen molar-refractivity contribution in [2.24, 2.45) is 0 Å². The lowest BCUT2D eigenvalue weighted by Crippen LogP contribution is -2.43. The van der Waals surface area contributed by atoms with E-state index in [2.05, 4.69) is 18.3 Å². The van der Waals surface area contributed by atoms with Crippen molar-refractivity contribution < 1.29 is 9.47 Å². The van der Waals surface area contributed by atoms with Gasteiger partial charge < -0.3 is 14.8 Å². The zero-order valence-electron chi connectivity index (χ0n) is 11.8. The van der Waals surface area contributed by atoms with Gasteiger partial charge in [-0.1, -0.05) is 6.42 Å². The van der Waals surface area contributed by atoms with E-state index < -0.39 is 0 Å². The second-order valence-electron chi connectivity index (χ2n) is 5.19. The van der Waals surface area contributed by atoms with E-state index in [1.165, 1.54) is 30.4 Å². The highest BCUT2D eigenvalue weighted by Gasteiger charge is 2.41. The monoisotopic (exact) mass is 249 g/mol. The normalized spacial score (nSPS) is 17.1. The molecule has 0 atom stereocenters. The van der Waals surface area contributed by atoms with Gasteiger partial charge in [0.2, 0.25) is 0 Å². The molecule has 1 aliphatic carbocycles.